The fourth-order valence-electron chi connectivity index (χ4n) is 1.70. The van der Waals surface area contributed by atoms with E-state index in [4.69, 9.17) is 10.5 Å². The smallest absolute Gasteiger partial charge is 0.294 e. The SMILES string of the molecule is CC(Cn1cnc2c(N)ncnc21)OCP(=O)(O)N(C)C. The Morgan fingerprint density at radius 2 is 2.19 bits per heavy atom. The quantitative estimate of drug-likeness (QED) is 0.740. The third-order valence-electron chi connectivity index (χ3n) is 3.04. The van der Waals surface area contributed by atoms with E-state index >= 15 is 0 Å². The summed E-state index contributed by atoms with van der Waals surface area (Å²) in [5, 5.41) is 0. The second-order valence-electron chi connectivity index (χ2n) is 4.95. The lowest BCUT2D eigenvalue weighted by Gasteiger charge is -2.21. The molecule has 0 saturated carbocycles. The van der Waals surface area contributed by atoms with Gasteiger partial charge >= 0.3 is 0 Å². The van der Waals surface area contributed by atoms with E-state index in [2.05, 4.69) is 15.0 Å². The largest absolute Gasteiger partial charge is 0.382 e. The maximum absolute atomic E-state index is 11.8. The molecule has 2 aromatic rings. The van der Waals surface area contributed by atoms with Crippen LogP contribution in [0, 0.1) is 0 Å². The molecule has 0 fully saturated rings. The Labute approximate surface area is 122 Å². The molecule has 3 N–H and O–H groups in total. The predicted octanol–water partition coefficient (Wildman–Crippen LogP) is 0.518. The number of ether oxygens (including phenoxy) is 1. The zero-order valence-electron chi connectivity index (χ0n) is 12.2. The normalized spacial score (nSPS) is 16.2. The van der Waals surface area contributed by atoms with Crippen LogP contribution < -0.4 is 5.73 Å². The summed E-state index contributed by atoms with van der Waals surface area (Å²) in [6.45, 7) is 2.26. The lowest BCUT2D eigenvalue weighted by atomic mass is 10.4. The van der Waals surface area contributed by atoms with Crippen LogP contribution in [-0.2, 0) is 15.8 Å². The number of rotatable bonds is 6. The highest BCUT2D eigenvalue weighted by atomic mass is 31.2. The first-order chi connectivity index (χ1) is 9.81. The molecular formula is C11H19N6O3P. The molecule has 0 spiro atoms. The predicted molar refractivity (Wildman–Crippen MR) is 78.7 cm³/mol. The summed E-state index contributed by atoms with van der Waals surface area (Å²) in [7, 11) is -0.345. The molecule has 0 bridgehead atoms. The number of anilines is 1. The minimum atomic E-state index is -3.42. The number of hydrogen-bond acceptors (Lipinski definition) is 6. The maximum Gasteiger partial charge on any atom is 0.294 e. The molecule has 0 saturated heterocycles. The van der Waals surface area contributed by atoms with Gasteiger partial charge < -0.3 is 19.9 Å². The summed E-state index contributed by atoms with van der Waals surface area (Å²) < 4.78 is 20.3. The van der Waals surface area contributed by atoms with Gasteiger partial charge in [-0.3, -0.25) is 4.57 Å². The highest BCUT2D eigenvalue weighted by Crippen LogP contribution is 2.42. The number of hydrogen-bond donors (Lipinski definition) is 2. The van der Waals surface area contributed by atoms with Crippen molar-refractivity contribution in [2.45, 2.75) is 19.6 Å². The number of imidazole rings is 1. The fraction of sp³-hybridized carbons (Fsp3) is 0.545. The van der Waals surface area contributed by atoms with Gasteiger partial charge in [-0.1, -0.05) is 0 Å². The van der Waals surface area contributed by atoms with Gasteiger partial charge in [-0.2, -0.15) is 0 Å². The standard InChI is InChI=1S/C11H19N6O3P/c1-8(20-7-21(18,19)16(2)3)4-17-6-15-9-10(12)13-5-14-11(9)17/h5-6,8H,4,7H2,1-3H3,(H,18,19)(H2,12,13,14). The molecule has 10 heteroatoms. The molecule has 116 valence electrons. The van der Waals surface area contributed by atoms with Gasteiger partial charge in [0.25, 0.3) is 7.52 Å². The number of nitrogens with two attached hydrogens (primary N) is 1. The summed E-state index contributed by atoms with van der Waals surface area (Å²) in [4.78, 5) is 21.8. The molecule has 0 aliphatic carbocycles. The number of nitrogen functional groups attached to an aromatic ring is 1. The lowest BCUT2D eigenvalue weighted by molar-refractivity contribution is 0.0792. The first-order valence-electron chi connectivity index (χ1n) is 6.34. The molecular weight excluding hydrogens is 295 g/mol. The van der Waals surface area contributed by atoms with Crippen LogP contribution in [0.1, 0.15) is 6.92 Å². The van der Waals surface area contributed by atoms with Crippen LogP contribution in [0.25, 0.3) is 11.2 Å². The average Bonchev–Trinajstić information content (AvgIpc) is 2.81. The first-order valence-corrected chi connectivity index (χ1v) is 8.13. The van der Waals surface area contributed by atoms with Gasteiger partial charge in [-0.05, 0) is 21.0 Å². The van der Waals surface area contributed by atoms with E-state index in [-0.39, 0.29) is 12.5 Å². The number of aromatic nitrogens is 4. The summed E-state index contributed by atoms with van der Waals surface area (Å²) in [6, 6.07) is 0. The van der Waals surface area contributed by atoms with Crippen molar-refractivity contribution in [2.24, 2.45) is 0 Å². The van der Waals surface area contributed by atoms with Crippen molar-refractivity contribution in [1.29, 1.82) is 0 Å². The zero-order chi connectivity index (χ0) is 15.6. The molecule has 21 heavy (non-hydrogen) atoms. The molecule has 0 aliphatic rings. The summed E-state index contributed by atoms with van der Waals surface area (Å²) >= 11 is 0. The van der Waals surface area contributed by atoms with E-state index in [0.29, 0.717) is 23.5 Å². The van der Waals surface area contributed by atoms with E-state index in [1.54, 1.807) is 10.9 Å². The van der Waals surface area contributed by atoms with Gasteiger partial charge in [0.15, 0.2) is 11.5 Å². The van der Waals surface area contributed by atoms with E-state index in [0.717, 1.165) is 0 Å². The van der Waals surface area contributed by atoms with Crippen LogP contribution in [-0.4, -0.2) is 55.6 Å². The van der Waals surface area contributed by atoms with Gasteiger partial charge in [0.2, 0.25) is 0 Å². The van der Waals surface area contributed by atoms with Crippen molar-refractivity contribution in [1.82, 2.24) is 24.2 Å². The van der Waals surface area contributed by atoms with Crippen LogP contribution >= 0.6 is 7.52 Å². The molecule has 0 aliphatic heterocycles. The Morgan fingerprint density at radius 3 is 2.86 bits per heavy atom. The minimum absolute atomic E-state index is 0.231. The van der Waals surface area contributed by atoms with Gasteiger partial charge in [0.05, 0.1) is 19.0 Å². The van der Waals surface area contributed by atoms with Crippen molar-refractivity contribution in [3.8, 4) is 0 Å². The Bertz CT molecular complexity index is 673. The van der Waals surface area contributed by atoms with Crippen LogP contribution in [0.5, 0.6) is 0 Å². The van der Waals surface area contributed by atoms with E-state index in [1.807, 2.05) is 6.92 Å². The third kappa shape index (κ3) is 3.56. The van der Waals surface area contributed by atoms with Crippen molar-refractivity contribution in [2.75, 3.05) is 26.2 Å². The Kier molecular flexibility index (Phi) is 4.58. The average molecular weight is 314 g/mol. The minimum Gasteiger partial charge on any atom is -0.382 e. The topological polar surface area (TPSA) is 119 Å². The molecule has 0 radical (unpaired) electrons. The van der Waals surface area contributed by atoms with Crippen molar-refractivity contribution in [3.05, 3.63) is 12.7 Å². The fourth-order valence-corrected chi connectivity index (χ4v) is 2.38. The molecule has 0 aromatic carbocycles. The molecule has 2 rings (SSSR count). The molecule has 2 heterocycles. The highest BCUT2D eigenvalue weighted by Gasteiger charge is 2.23. The summed E-state index contributed by atoms with van der Waals surface area (Å²) in [6.07, 6.45) is 2.46. The summed E-state index contributed by atoms with van der Waals surface area (Å²) in [5.74, 6) is 0.319. The van der Waals surface area contributed by atoms with Gasteiger partial charge in [0, 0.05) is 0 Å². The van der Waals surface area contributed by atoms with Crippen LogP contribution in [0.4, 0.5) is 5.82 Å². The maximum atomic E-state index is 11.8. The number of fused-ring (bicyclic) bond motifs is 1. The van der Waals surface area contributed by atoms with Gasteiger partial charge in [-0.25, -0.2) is 19.6 Å². The monoisotopic (exact) mass is 314 g/mol. The third-order valence-corrected chi connectivity index (χ3v) is 4.77. The van der Waals surface area contributed by atoms with Crippen molar-refractivity contribution >= 4 is 24.5 Å². The second kappa shape index (κ2) is 6.07. The molecule has 9 nitrogen and oxygen atoms in total. The van der Waals surface area contributed by atoms with Gasteiger partial charge in [0.1, 0.15) is 18.2 Å². The Morgan fingerprint density at radius 1 is 1.48 bits per heavy atom. The van der Waals surface area contributed by atoms with E-state index in [1.165, 1.54) is 25.1 Å². The van der Waals surface area contributed by atoms with Crippen molar-refractivity contribution < 1.29 is 14.2 Å². The second-order valence-corrected chi connectivity index (χ2v) is 7.33. The molecule has 2 atom stereocenters. The lowest BCUT2D eigenvalue weighted by Crippen LogP contribution is -2.20. The number of nitrogens with zero attached hydrogens (tertiary/aromatic N) is 5. The zero-order valence-corrected chi connectivity index (χ0v) is 13.1. The molecule has 2 unspecified atom stereocenters. The highest BCUT2D eigenvalue weighted by molar-refractivity contribution is 7.55. The van der Waals surface area contributed by atoms with Crippen molar-refractivity contribution in [3.63, 3.8) is 0 Å². The first kappa shape index (κ1) is 15.8. The van der Waals surface area contributed by atoms with Gasteiger partial charge in [-0.15, -0.1) is 0 Å². The Hall–Kier alpha value is -1.54. The molecule has 0 amide bonds. The Balaban J connectivity index is 2.04. The van der Waals surface area contributed by atoms with Crippen LogP contribution in [0.2, 0.25) is 0 Å². The van der Waals surface area contributed by atoms with Crippen LogP contribution in [0.3, 0.4) is 0 Å². The van der Waals surface area contributed by atoms with E-state index < -0.39 is 7.52 Å². The van der Waals surface area contributed by atoms with E-state index in [9.17, 15) is 9.46 Å². The molecule has 2 aromatic heterocycles. The van der Waals surface area contributed by atoms with Crippen LogP contribution in [0.15, 0.2) is 12.7 Å². The summed E-state index contributed by atoms with van der Waals surface area (Å²) in [5.41, 5.74) is 6.86.